The largest absolute Gasteiger partial charge is 0.444 e. The number of carbonyl (C=O) groups excluding carboxylic acids is 1. The van der Waals surface area contributed by atoms with Crippen LogP contribution in [0.4, 0.5) is 10.7 Å². The van der Waals surface area contributed by atoms with Gasteiger partial charge in [-0.05, 0) is 38.3 Å². The van der Waals surface area contributed by atoms with E-state index in [9.17, 15) is 9.59 Å². The third-order valence-corrected chi connectivity index (χ3v) is 5.43. The Bertz CT molecular complexity index is 1130. The molecule has 1 aliphatic heterocycles. The fourth-order valence-corrected chi connectivity index (χ4v) is 4.01. The molecule has 0 radical (unpaired) electrons. The number of nitrogens with zero attached hydrogens (tertiary/aromatic N) is 3. The standard InChI is InChI=1S/C25H28N4O3/c1-25(2,3)32-24(31)28-15-14-19-20(16-28)27-23(26)29(22(19)30)21(17-10-6-4-7-11-17)18-12-8-5-9-13-18/h4-13,21H,14-16H2,1-3H3,(H2,26,27). The molecule has 0 saturated carbocycles. The zero-order valence-corrected chi connectivity index (χ0v) is 18.6. The van der Waals surface area contributed by atoms with Crippen LogP contribution in [0.2, 0.25) is 0 Å². The second-order valence-electron chi connectivity index (χ2n) is 8.95. The summed E-state index contributed by atoms with van der Waals surface area (Å²) in [7, 11) is 0. The van der Waals surface area contributed by atoms with Crippen LogP contribution in [0, 0.1) is 0 Å². The number of nitrogen functional groups attached to an aromatic ring is 1. The number of fused-ring (bicyclic) bond motifs is 1. The molecule has 0 atom stereocenters. The van der Waals surface area contributed by atoms with E-state index in [-0.39, 0.29) is 18.1 Å². The summed E-state index contributed by atoms with van der Waals surface area (Å²) < 4.78 is 7.04. The number of anilines is 1. The van der Waals surface area contributed by atoms with Crippen molar-refractivity contribution < 1.29 is 9.53 Å². The zero-order valence-electron chi connectivity index (χ0n) is 18.6. The first kappa shape index (κ1) is 21.6. The number of aromatic nitrogens is 2. The lowest BCUT2D eigenvalue weighted by atomic mass is 9.97. The normalized spacial score (nSPS) is 13.7. The summed E-state index contributed by atoms with van der Waals surface area (Å²) in [6, 6.07) is 19.2. The molecule has 0 unspecified atom stereocenters. The predicted molar refractivity (Wildman–Crippen MR) is 123 cm³/mol. The van der Waals surface area contributed by atoms with E-state index in [1.807, 2.05) is 81.4 Å². The van der Waals surface area contributed by atoms with Crippen LogP contribution in [-0.2, 0) is 17.7 Å². The van der Waals surface area contributed by atoms with Gasteiger partial charge in [-0.2, -0.15) is 0 Å². The first-order valence-corrected chi connectivity index (χ1v) is 10.7. The smallest absolute Gasteiger partial charge is 0.410 e. The minimum Gasteiger partial charge on any atom is -0.444 e. The Kier molecular flexibility index (Phi) is 5.74. The first-order valence-electron chi connectivity index (χ1n) is 10.7. The van der Waals surface area contributed by atoms with E-state index in [0.717, 1.165) is 11.1 Å². The number of nitrogens with two attached hydrogens (primary N) is 1. The zero-order chi connectivity index (χ0) is 22.9. The van der Waals surface area contributed by atoms with Crippen molar-refractivity contribution in [3.8, 4) is 0 Å². The van der Waals surface area contributed by atoms with E-state index < -0.39 is 17.7 Å². The molecule has 0 spiro atoms. The molecule has 0 bridgehead atoms. The molecule has 0 aliphatic carbocycles. The molecule has 1 aromatic heterocycles. The lowest BCUT2D eigenvalue weighted by Gasteiger charge is -2.31. The van der Waals surface area contributed by atoms with Crippen LogP contribution >= 0.6 is 0 Å². The molecule has 166 valence electrons. The highest BCUT2D eigenvalue weighted by Crippen LogP contribution is 2.28. The van der Waals surface area contributed by atoms with Gasteiger partial charge in [0.25, 0.3) is 5.56 Å². The molecule has 1 amide bonds. The minimum atomic E-state index is -0.591. The van der Waals surface area contributed by atoms with Crippen LogP contribution in [0.1, 0.15) is 49.2 Å². The number of carbonyl (C=O) groups is 1. The molecule has 0 fully saturated rings. The van der Waals surface area contributed by atoms with Crippen LogP contribution in [0.3, 0.4) is 0 Å². The quantitative estimate of drug-likeness (QED) is 0.681. The Hall–Kier alpha value is -3.61. The summed E-state index contributed by atoms with van der Waals surface area (Å²) in [5.41, 5.74) is 8.61. The van der Waals surface area contributed by atoms with Gasteiger partial charge < -0.3 is 15.4 Å². The molecular formula is C25H28N4O3. The average Bonchev–Trinajstić information content (AvgIpc) is 2.76. The highest BCUT2D eigenvalue weighted by atomic mass is 16.6. The second kappa shape index (κ2) is 8.49. The maximum Gasteiger partial charge on any atom is 0.410 e. The van der Waals surface area contributed by atoms with E-state index in [4.69, 9.17) is 10.5 Å². The number of amides is 1. The monoisotopic (exact) mass is 432 g/mol. The summed E-state index contributed by atoms with van der Waals surface area (Å²) in [5.74, 6) is 0.123. The van der Waals surface area contributed by atoms with E-state index in [1.165, 1.54) is 0 Å². The van der Waals surface area contributed by atoms with Gasteiger partial charge in [0.15, 0.2) is 0 Å². The van der Waals surface area contributed by atoms with Crippen LogP contribution in [0.25, 0.3) is 0 Å². The Labute approximate surface area is 187 Å². The second-order valence-corrected chi connectivity index (χ2v) is 8.95. The van der Waals surface area contributed by atoms with Gasteiger partial charge in [0.05, 0.1) is 18.3 Å². The average molecular weight is 433 g/mol. The summed E-state index contributed by atoms with van der Waals surface area (Å²) in [4.78, 5) is 32.3. The maximum absolute atomic E-state index is 13.6. The molecular weight excluding hydrogens is 404 g/mol. The van der Waals surface area contributed by atoms with Gasteiger partial charge in [-0.15, -0.1) is 0 Å². The highest BCUT2D eigenvalue weighted by Gasteiger charge is 2.30. The molecule has 32 heavy (non-hydrogen) atoms. The molecule has 3 aromatic rings. The molecule has 1 aliphatic rings. The SMILES string of the molecule is CC(C)(C)OC(=O)N1CCc2c(nc(N)n(C(c3ccccc3)c3ccccc3)c2=O)C1. The topological polar surface area (TPSA) is 90.4 Å². The van der Waals surface area contributed by atoms with E-state index in [0.29, 0.717) is 24.2 Å². The lowest BCUT2D eigenvalue weighted by Crippen LogP contribution is -2.43. The lowest BCUT2D eigenvalue weighted by molar-refractivity contribution is 0.0220. The van der Waals surface area contributed by atoms with Crippen molar-refractivity contribution in [1.29, 1.82) is 0 Å². The molecule has 4 rings (SSSR count). The molecule has 2 aromatic carbocycles. The van der Waals surface area contributed by atoms with Crippen LogP contribution in [0.5, 0.6) is 0 Å². The Morgan fingerprint density at radius 3 is 2.12 bits per heavy atom. The van der Waals surface area contributed by atoms with Crippen molar-refractivity contribution in [3.63, 3.8) is 0 Å². The molecule has 2 N–H and O–H groups in total. The first-order chi connectivity index (χ1) is 15.2. The predicted octanol–water partition coefficient (Wildman–Crippen LogP) is 3.76. The third kappa shape index (κ3) is 4.37. The summed E-state index contributed by atoms with van der Waals surface area (Å²) in [5, 5.41) is 0. The summed E-state index contributed by atoms with van der Waals surface area (Å²) in [6.07, 6.45) is -0.0177. The molecule has 7 nitrogen and oxygen atoms in total. The number of rotatable bonds is 3. The van der Waals surface area contributed by atoms with Gasteiger partial charge >= 0.3 is 6.09 Å². The minimum absolute atomic E-state index is 0.123. The van der Waals surface area contributed by atoms with Gasteiger partial charge in [0.2, 0.25) is 5.95 Å². The van der Waals surface area contributed by atoms with Gasteiger partial charge in [-0.1, -0.05) is 60.7 Å². The maximum atomic E-state index is 13.6. The number of hydrogen-bond acceptors (Lipinski definition) is 5. The molecule has 7 heteroatoms. The fourth-order valence-electron chi connectivity index (χ4n) is 4.01. The Balaban J connectivity index is 1.76. The fraction of sp³-hybridized carbons (Fsp3) is 0.320. The Morgan fingerprint density at radius 1 is 1.03 bits per heavy atom. The van der Waals surface area contributed by atoms with E-state index >= 15 is 0 Å². The van der Waals surface area contributed by atoms with E-state index in [2.05, 4.69) is 4.98 Å². The van der Waals surface area contributed by atoms with Crippen LogP contribution in [0.15, 0.2) is 65.5 Å². The van der Waals surface area contributed by atoms with Crippen LogP contribution in [-0.4, -0.2) is 32.7 Å². The van der Waals surface area contributed by atoms with Crippen molar-refractivity contribution in [1.82, 2.24) is 14.5 Å². The van der Waals surface area contributed by atoms with Crippen LogP contribution < -0.4 is 11.3 Å². The Morgan fingerprint density at radius 2 is 1.59 bits per heavy atom. The van der Waals surface area contributed by atoms with Crippen molar-refractivity contribution in [2.45, 2.75) is 45.4 Å². The number of benzene rings is 2. The summed E-state index contributed by atoms with van der Waals surface area (Å²) >= 11 is 0. The van der Waals surface area contributed by atoms with Gasteiger partial charge in [0, 0.05) is 12.1 Å². The summed E-state index contributed by atoms with van der Waals surface area (Å²) in [6.45, 7) is 6.07. The van der Waals surface area contributed by atoms with Crippen molar-refractivity contribution in [3.05, 3.63) is 93.4 Å². The molecule has 2 heterocycles. The molecule has 0 saturated heterocycles. The van der Waals surface area contributed by atoms with Gasteiger partial charge in [0.1, 0.15) is 5.60 Å². The number of ether oxygens (including phenoxy) is 1. The number of hydrogen-bond donors (Lipinski definition) is 1. The van der Waals surface area contributed by atoms with E-state index in [1.54, 1.807) is 9.47 Å². The van der Waals surface area contributed by atoms with Crippen molar-refractivity contribution in [2.75, 3.05) is 12.3 Å². The van der Waals surface area contributed by atoms with Gasteiger partial charge in [-0.3, -0.25) is 9.36 Å². The van der Waals surface area contributed by atoms with Crippen molar-refractivity contribution in [2.24, 2.45) is 0 Å². The van der Waals surface area contributed by atoms with Gasteiger partial charge in [-0.25, -0.2) is 9.78 Å². The highest BCUT2D eigenvalue weighted by molar-refractivity contribution is 5.68. The third-order valence-electron chi connectivity index (χ3n) is 5.43. The van der Waals surface area contributed by atoms with Crippen molar-refractivity contribution >= 4 is 12.0 Å².